The third-order valence-corrected chi connectivity index (χ3v) is 8.31. The van der Waals surface area contributed by atoms with Crippen LogP contribution in [0, 0.1) is 6.92 Å². The maximum Gasteiger partial charge on any atom is 0.247 e. The second kappa shape index (κ2) is 8.77. The predicted molar refractivity (Wildman–Crippen MR) is 122 cm³/mol. The molecule has 0 spiro atoms. The minimum Gasteiger partial charge on any atom is -0.419 e. The lowest BCUT2D eigenvalue weighted by Gasteiger charge is -2.33. The molecular formula is C24H28N4O3S. The van der Waals surface area contributed by atoms with Gasteiger partial charge in [-0.2, -0.15) is 4.31 Å². The van der Waals surface area contributed by atoms with E-state index in [1.54, 1.807) is 10.4 Å². The Morgan fingerprint density at radius 2 is 1.62 bits per heavy atom. The summed E-state index contributed by atoms with van der Waals surface area (Å²) in [4.78, 5) is 2.58. The quantitative estimate of drug-likeness (QED) is 0.590. The van der Waals surface area contributed by atoms with Gasteiger partial charge in [0.2, 0.25) is 21.8 Å². The molecule has 1 aliphatic heterocycles. The summed E-state index contributed by atoms with van der Waals surface area (Å²) in [5.74, 6) is 1.06. The normalized spacial score (nSPS) is 17.9. The number of rotatable bonds is 5. The third-order valence-electron chi connectivity index (χ3n) is 6.41. The highest BCUT2D eigenvalue weighted by molar-refractivity contribution is 7.89. The van der Waals surface area contributed by atoms with Crippen molar-refractivity contribution in [1.82, 2.24) is 19.4 Å². The zero-order chi connectivity index (χ0) is 22.1. The van der Waals surface area contributed by atoms with Crippen LogP contribution in [0.15, 0.2) is 51.8 Å². The molecule has 32 heavy (non-hydrogen) atoms. The summed E-state index contributed by atoms with van der Waals surface area (Å²) in [5.41, 5.74) is 4.56. The molecule has 0 unspecified atom stereocenters. The highest BCUT2D eigenvalue weighted by atomic mass is 32.2. The number of nitrogens with zero attached hydrogens (tertiary/aromatic N) is 4. The van der Waals surface area contributed by atoms with Crippen LogP contribution in [0.25, 0.3) is 11.5 Å². The van der Waals surface area contributed by atoms with Gasteiger partial charge in [-0.05, 0) is 68.0 Å². The Balaban J connectivity index is 1.21. The largest absolute Gasteiger partial charge is 0.419 e. The van der Waals surface area contributed by atoms with Crippen molar-refractivity contribution in [3.8, 4) is 11.5 Å². The maximum absolute atomic E-state index is 13.2. The monoisotopic (exact) mass is 452 g/mol. The van der Waals surface area contributed by atoms with E-state index in [-0.39, 0.29) is 0 Å². The Morgan fingerprint density at radius 1 is 0.906 bits per heavy atom. The van der Waals surface area contributed by atoms with Gasteiger partial charge in [-0.15, -0.1) is 10.2 Å². The lowest BCUT2D eigenvalue weighted by molar-refractivity contribution is 0.168. The second-order valence-electron chi connectivity index (χ2n) is 8.68. The molecule has 0 amide bonds. The molecule has 2 aromatic carbocycles. The number of benzene rings is 2. The molecule has 1 aromatic heterocycles. The van der Waals surface area contributed by atoms with E-state index in [0.717, 1.165) is 24.8 Å². The lowest BCUT2D eigenvalue weighted by Crippen LogP contribution is -2.48. The molecule has 1 saturated heterocycles. The minimum absolute atomic E-state index is 0.422. The number of aromatic nitrogens is 2. The Kier molecular flexibility index (Phi) is 5.84. The highest BCUT2D eigenvalue weighted by Gasteiger charge is 2.29. The molecule has 0 saturated carbocycles. The molecule has 1 fully saturated rings. The minimum atomic E-state index is -3.47. The Hall–Kier alpha value is -2.55. The fourth-order valence-electron chi connectivity index (χ4n) is 4.47. The fourth-order valence-corrected chi connectivity index (χ4v) is 5.94. The first kappa shape index (κ1) is 21.3. The zero-order valence-electron chi connectivity index (χ0n) is 18.3. The first-order chi connectivity index (χ1) is 15.5. The van der Waals surface area contributed by atoms with Crippen LogP contribution in [0.2, 0.25) is 0 Å². The number of hydrogen-bond donors (Lipinski definition) is 0. The van der Waals surface area contributed by atoms with Crippen LogP contribution < -0.4 is 0 Å². The molecule has 3 aromatic rings. The maximum atomic E-state index is 13.2. The van der Waals surface area contributed by atoms with Gasteiger partial charge in [0.25, 0.3) is 0 Å². The van der Waals surface area contributed by atoms with E-state index in [0.29, 0.717) is 49.4 Å². The molecule has 7 nitrogen and oxygen atoms in total. The van der Waals surface area contributed by atoms with E-state index in [2.05, 4.69) is 15.1 Å². The number of fused-ring (bicyclic) bond motifs is 1. The van der Waals surface area contributed by atoms with Crippen LogP contribution >= 0.6 is 0 Å². The van der Waals surface area contributed by atoms with Crippen LogP contribution in [-0.2, 0) is 29.4 Å². The molecule has 0 bridgehead atoms. The van der Waals surface area contributed by atoms with Gasteiger partial charge in [0.05, 0.1) is 11.4 Å². The molecule has 1 aliphatic carbocycles. The summed E-state index contributed by atoms with van der Waals surface area (Å²) in [7, 11) is -3.47. The first-order valence-corrected chi connectivity index (χ1v) is 12.7. The number of sulfonamides is 1. The van der Waals surface area contributed by atoms with Crippen molar-refractivity contribution in [3.05, 3.63) is 65.0 Å². The van der Waals surface area contributed by atoms with E-state index in [9.17, 15) is 8.42 Å². The second-order valence-corrected chi connectivity index (χ2v) is 10.6. The summed E-state index contributed by atoms with van der Waals surface area (Å²) in [6.45, 7) is 4.73. The van der Waals surface area contributed by atoms with E-state index in [4.69, 9.17) is 4.42 Å². The average Bonchev–Trinajstić information content (AvgIpc) is 3.28. The summed E-state index contributed by atoms with van der Waals surface area (Å²) in [5, 5.41) is 8.34. The molecule has 0 radical (unpaired) electrons. The molecule has 5 rings (SSSR count). The Labute approximate surface area is 189 Å². The van der Waals surface area contributed by atoms with Gasteiger partial charge in [0.1, 0.15) is 0 Å². The Morgan fingerprint density at radius 3 is 2.38 bits per heavy atom. The number of piperazine rings is 1. The number of aryl methyl sites for hydroxylation is 3. The summed E-state index contributed by atoms with van der Waals surface area (Å²) in [6, 6.07) is 13.6. The van der Waals surface area contributed by atoms with Gasteiger partial charge >= 0.3 is 0 Å². The van der Waals surface area contributed by atoms with Crippen molar-refractivity contribution in [2.24, 2.45) is 0 Å². The summed E-state index contributed by atoms with van der Waals surface area (Å²) < 4.78 is 33.8. The van der Waals surface area contributed by atoms with E-state index < -0.39 is 10.0 Å². The molecule has 0 atom stereocenters. The van der Waals surface area contributed by atoms with Crippen LogP contribution in [0.3, 0.4) is 0 Å². The molecular weight excluding hydrogens is 424 g/mol. The van der Waals surface area contributed by atoms with Crippen LogP contribution in [0.1, 0.15) is 35.4 Å². The first-order valence-electron chi connectivity index (χ1n) is 11.2. The van der Waals surface area contributed by atoms with Crippen LogP contribution in [0.4, 0.5) is 0 Å². The van der Waals surface area contributed by atoms with E-state index in [1.807, 2.05) is 43.3 Å². The van der Waals surface area contributed by atoms with Crippen molar-refractivity contribution >= 4 is 10.0 Å². The van der Waals surface area contributed by atoms with Crippen molar-refractivity contribution in [2.45, 2.75) is 44.0 Å². The van der Waals surface area contributed by atoms with Crippen molar-refractivity contribution in [3.63, 3.8) is 0 Å². The van der Waals surface area contributed by atoms with E-state index in [1.165, 1.54) is 23.1 Å². The zero-order valence-corrected chi connectivity index (χ0v) is 19.1. The third kappa shape index (κ3) is 4.35. The fraction of sp³-hybridized carbons (Fsp3) is 0.417. The molecule has 0 N–H and O–H groups in total. The van der Waals surface area contributed by atoms with Crippen molar-refractivity contribution < 1.29 is 12.8 Å². The molecule has 168 valence electrons. The van der Waals surface area contributed by atoms with Gasteiger partial charge in [-0.3, -0.25) is 4.90 Å². The standard InChI is InChI=1S/C24H28N4O3S/c1-18-6-8-20(9-7-18)24-26-25-23(31-24)17-27-12-14-28(15-13-27)32(29,30)22-11-10-19-4-2-3-5-21(19)16-22/h6-11,16H,2-5,12-15,17H2,1H3. The lowest BCUT2D eigenvalue weighted by atomic mass is 9.92. The molecule has 2 aliphatic rings. The van der Waals surface area contributed by atoms with Gasteiger partial charge < -0.3 is 4.42 Å². The molecule has 2 heterocycles. The van der Waals surface area contributed by atoms with Crippen molar-refractivity contribution in [1.29, 1.82) is 0 Å². The van der Waals surface area contributed by atoms with Gasteiger partial charge in [0, 0.05) is 31.7 Å². The van der Waals surface area contributed by atoms with Gasteiger partial charge in [-0.1, -0.05) is 23.8 Å². The van der Waals surface area contributed by atoms with Crippen LogP contribution in [-0.4, -0.2) is 54.0 Å². The highest BCUT2D eigenvalue weighted by Crippen LogP contribution is 2.26. The summed E-state index contributed by atoms with van der Waals surface area (Å²) >= 11 is 0. The van der Waals surface area contributed by atoms with Gasteiger partial charge in [-0.25, -0.2) is 8.42 Å². The average molecular weight is 453 g/mol. The number of hydrogen-bond acceptors (Lipinski definition) is 6. The van der Waals surface area contributed by atoms with Gasteiger partial charge in [0.15, 0.2) is 0 Å². The Bertz CT molecular complexity index is 1200. The topological polar surface area (TPSA) is 79.5 Å². The SMILES string of the molecule is Cc1ccc(-c2nnc(CN3CCN(S(=O)(=O)c4ccc5c(c4)CCCC5)CC3)o2)cc1. The van der Waals surface area contributed by atoms with Crippen molar-refractivity contribution in [2.75, 3.05) is 26.2 Å². The summed E-state index contributed by atoms with van der Waals surface area (Å²) in [6.07, 6.45) is 4.35. The van der Waals surface area contributed by atoms with E-state index >= 15 is 0 Å². The predicted octanol–water partition coefficient (Wildman–Crippen LogP) is 3.43. The van der Waals surface area contributed by atoms with Crippen LogP contribution in [0.5, 0.6) is 0 Å². The smallest absolute Gasteiger partial charge is 0.247 e. The molecule has 8 heteroatoms.